The van der Waals surface area contributed by atoms with Gasteiger partial charge < -0.3 is 4.90 Å². The molecule has 2 rings (SSSR count). The monoisotopic (exact) mass is 277 g/mol. The smallest absolute Gasteiger partial charge is 0.305 e. The molecule has 0 unspecified atom stereocenters. The van der Waals surface area contributed by atoms with Crippen molar-refractivity contribution in [2.24, 2.45) is 5.14 Å². The van der Waals surface area contributed by atoms with Gasteiger partial charge in [0.15, 0.2) is 5.00 Å². The number of nitro groups is 1. The van der Waals surface area contributed by atoms with E-state index >= 15 is 0 Å². The van der Waals surface area contributed by atoms with Gasteiger partial charge in [0.05, 0.1) is 4.92 Å². The highest BCUT2D eigenvalue weighted by atomic mass is 32.2. The lowest BCUT2D eigenvalue weighted by Crippen LogP contribution is -2.17. The number of sulfonamides is 1. The summed E-state index contributed by atoms with van der Waals surface area (Å²) in [6.07, 6.45) is 1.92. The minimum atomic E-state index is -3.88. The first-order chi connectivity index (χ1) is 7.89. The average molecular weight is 277 g/mol. The van der Waals surface area contributed by atoms with Crippen LogP contribution in [0.5, 0.6) is 0 Å². The fourth-order valence-electron chi connectivity index (χ4n) is 1.77. The molecule has 2 N–H and O–H groups in total. The molecule has 0 saturated carbocycles. The van der Waals surface area contributed by atoms with Crippen molar-refractivity contribution in [3.05, 3.63) is 16.2 Å². The third kappa shape index (κ3) is 2.40. The summed E-state index contributed by atoms with van der Waals surface area (Å²) in [6, 6.07) is 1.04. The van der Waals surface area contributed by atoms with Gasteiger partial charge in [-0.05, 0) is 12.8 Å². The Bertz CT molecular complexity index is 545. The highest BCUT2D eigenvalue weighted by Gasteiger charge is 2.28. The van der Waals surface area contributed by atoms with E-state index in [1.54, 1.807) is 0 Å². The second kappa shape index (κ2) is 4.24. The molecule has 0 aromatic carbocycles. The second-order valence-corrected chi connectivity index (χ2v) is 6.57. The van der Waals surface area contributed by atoms with Crippen molar-refractivity contribution in [3.63, 3.8) is 0 Å². The molecule has 2 heterocycles. The maximum Gasteiger partial charge on any atom is 0.305 e. The van der Waals surface area contributed by atoms with Crippen molar-refractivity contribution < 1.29 is 13.3 Å². The lowest BCUT2D eigenvalue weighted by atomic mass is 10.4. The van der Waals surface area contributed by atoms with Crippen LogP contribution >= 0.6 is 11.3 Å². The average Bonchev–Trinajstić information content (AvgIpc) is 2.85. The minimum absolute atomic E-state index is 0.161. The van der Waals surface area contributed by atoms with Crippen molar-refractivity contribution in [2.45, 2.75) is 17.1 Å². The molecule has 0 aliphatic carbocycles. The first-order valence-electron chi connectivity index (χ1n) is 4.95. The van der Waals surface area contributed by atoms with Crippen molar-refractivity contribution in [2.75, 3.05) is 18.0 Å². The van der Waals surface area contributed by atoms with E-state index in [0.29, 0.717) is 18.1 Å². The Kier molecular flexibility index (Phi) is 3.06. The molecular weight excluding hydrogens is 266 g/mol. The number of hydrogen-bond acceptors (Lipinski definition) is 6. The molecule has 0 bridgehead atoms. The predicted octanol–water partition coefficient (Wildman–Crippen LogP) is 0.904. The Morgan fingerprint density at radius 2 is 2.00 bits per heavy atom. The molecule has 17 heavy (non-hydrogen) atoms. The molecule has 1 aromatic rings. The van der Waals surface area contributed by atoms with Gasteiger partial charge in [0, 0.05) is 19.2 Å². The van der Waals surface area contributed by atoms with Gasteiger partial charge in [-0.15, -0.1) is 0 Å². The molecule has 1 saturated heterocycles. The fraction of sp³-hybridized carbons (Fsp3) is 0.500. The molecule has 0 spiro atoms. The Morgan fingerprint density at radius 1 is 1.41 bits per heavy atom. The summed E-state index contributed by atoms with van der Waals surface area (Å²) in [6.45, 7) is 1.43. The largest absolute Gasteiger partial charge is 0.358 e. The third-order valence-electron chi connectivity index (χ3n) is 2.54. The first kappa shape index (κ1) is 12.3. The predicted molar refractivity (Wildman–Crippen MR) is 63.8 cm³/mol. The number of nitrogens with two attached hydrogens (primary N) is 1. The van der Waals surface area contributed by atoms with Gasteiger partial charge in [-0.2, -0.15) is 0 Å². The summed E-state index contributed by atoms with van der Waals surface area (Å²) in [5.74, 6) is 0. The van der Waals surface area contributed by atoms with Crippen LogP contribution in [-0.4, -0.2) is 26.4 Å². The third-order valence-corrected chi connectivity index (χ3v) is 5.15. The van der Waals surface area contributed by atoms with Crippen LogP contribution in [0.15, 0.2) is 10.3 Å². The number of anilines is 1. The molecule has 0 atom stereocenters. The van der Waals surface area contributed by atoms with E-state index in [2.05, 4.69) is 0 Å². The molecule has 1 aliphatic rings. The zero-order valence-corrected chi connectivity index (χ0v) is 10.5. The van der Waals surface area contributed by atoms with E-state index in [9.17, 15) is 18.5 Å². The van der Waals surface area contributed by atoms with Crippen LogP contribution in [-0.2, 0) is 10.0 Å². The quantitative estimate of drug-likeness (QED) is 0.652. The maximum absolute atomic E-state index is 11.2. The highest BCUT2D eigenvalue weighted by molar-refractivity contribution is 7.91. The van der Waals surface area contributed by atoms with Gasteiger partial charge in [-0.25, -0.2) is 13.6 Å². The van der Waals surface area contributed by atoms with Gasteiger partial charge in [0.25, 0.3) is 0 Å². The number of nitrogens with zero attached hydrogens (tertiary/aromatic N) is 2. The van der Waals surface area contributed by atoms with Crippen LogP contribution < -0.4 is 10.0 Å². The molecule has 1 fully saturated rings. The number of hydrogen-bond donors (Lipinski definition) is 1. The standard InChI is InChI=1S/C8H11N3O4S2/c9-17(14,15)7-5-6(11(12)13)8(16-7)10-3-1-2-4-10/h5H,1-4H2,(H2,9,14,15). The second-order valence-electron chi connectivity index (χ2n) is 3.75. The number of rotatable bonds is 3. The summed E-state index contributed by atoms with van der Waals surface area (Å²) in [5, 5.41) is 16.2. The van der Waals surface area contributed by atoms with Crippen LogP contribution in [0.25, 0.3) is 0 Å². The van der Waals surface area contributed by atoms with E-state index in [0.717, 1.165) is 30.2 Å². The van der Waals surface area contributed by atoms with E-state index in [4.69, 9.17) is 5.14 Å². The van der Waals surface area contributed by atoms with Crippen LogP contribution in [0.3, 0.4) is 0 Å². The van der Waals surface area contributed by atoms with Crippen molar-refractivity contribution in [1.82, 2.24) is 0 Å². The Morgan fingerprint density at radius 3 is 2.47 bits per heavy atom. The van der Waals surface area contributed by atoms with E-state index < -0.39 is 14.9 Å². The van der Waals surface area contributed by atoms with Crippen LogP contribution in [0.1, 0.15) is 12.8 Å². The van der Waals surface area contributed by atoms with Crippen molar-refractivity contribution >= 4 is 32.0 Å². The summed E-state index contributed by atoms with van der Waals surface area (Å²) >= 11 is 0.863. The topological polar surface area (TPSA) is 107 Å². The van der Waals surface area contributed by atoms with Crippen molar-refractivity contribution in [1.29, 1.82) is 0 Å². The summed E-state index contributed by atoms with van der Waals surface area (Å²) in [4.78, 5) is 12.1. The molecule has 94 valence electrons. The number of thiophene rings is 1. The molecule has 9 heteroatoms. The van der Waals surface area contributed by atoms with Crippen molar-refractivity contribution in [3.8, 4) is 0 Å². The van der Waals surface area contributed by atoms with Gasteiger partial charge in [0.2, 0.25) is 10.0 Å². The molecular formula is C8H11N3O4S2. The zero-order chi connectivity index (χ0) is 12.6. The maximum atomic E-state index is 11.2. The van der Waals surface area contributed by atoms with Gasteiger partial charge in [-0.1, -0.05) is 11.3 Å². The SMILES string of the molecule is NS(=O)(=O)c1cc([N+](=O)[O-])c(N2CCCC2)s1. The lowest BCUT2D eigenvalue weighted by molar-refractivity contribution is -0.383. The summed E-state index contributed by atoms with van der Waals surface area (Å²) in [7, 11) is -3.88. The van der Waals surface area contributed by atoms with E-state index in [1.807, 2.05) is 4.90 Å². The Labute approximate surface area is 102 Å². The van der Waals surface area contributed by atoms with Gasteiger partial charge >= 0.3 is 5.69 Å². The van der Waals surface area contributed by atoms with Crippen LogP contribution in [0.4, 0.5) is 10.7 Å². The van der Waals surface area contributed by atoms with Gasteiger partial charge in [0.1, 0.15) is 4.21 Å². The molecule has 1 aliphatic heterocycles. The minimum Gasteiger partial charge on any atom is -0.358 e. The molecule has 0 radical (unpaired) electrons. The highest BCUT2D eigenvalue weighted by Crippen LogP contribution is 2.40. The normalized spacial score (nSPS) is 16.4. The number of primary sulfonamides is 1. The van der Waals surface area contributed by atoms with E-state index in [-0.39, 0.29) is 9.90 Å². The fourth-order valence-corrected chi connectivity index (χ4v) is 3.66. The van der Waals surface area contributed by atoms with Gasteiger partial charge in [-0.3, -0.25) is 10.1 Å². The molecule has 7 nitrogen and oxygen atoms in total. The zero-order valence-electron chi connectivity index (χ0n) is 8.83. The molecule has 1 aromatic heterocycles. The lowest BCUT2D eigenvalue weighted by Gasteiger charge is -2.13. The van der Waals surface area contributed by atoms with Crippen LogP contribution in [0, 0.1) is 10.1 Å². The van der Waals surface area contributed by atoms with E-state index in [1.165, 1.54) is 0 Å². The Balaban J connectivity index is 2.49. The first-order valence-corrected chi connectivity index (χ1v) is 7.32. The summed E-state index contributed by atoms with van der Waals surface area (Å²) in [5.41, 5.74) is -0.180. The molecule has 0 amide bonds. The van der Waals surface area contributed by atoms with Crippen LogP contribution in [0.2, 0.25) is 0 Å². The Hall–Kier alpha value is -1.19. The summed E-state index contributed by atoms with van der Waals surface area (Å²) < 4.78 is 22.2.